The predicted octanol–water partition coefficient (Wildman–Crippen LogP) is 3.02. The summed E-state index contributed by atoms with van der Waals surface area (Å²) in [5, 5.41) is 18.5. The first-order chi connectivity index (χ1) is 11.0. The van der Waals surface area contributed by atoms with Crippen molar-refractivity contribution >= 4 is 27.9 Å². The number of halogens is 1. The second-order valence-electron chi connectivity index (χ2n) is 6.00. The lowest BCUT2D eigenvalue weighted by atomic mass is 9.81. The van der Waals surface area contributed by atoms with E-state index in [0.29, 0.717) is 6.42 Å². The number of aliphatic carboxylic acids is 2. The molecule has 0 aliphatic carbocycles. The van der Waals surface area contributed by atoms with E-state index in [-0.39, 0.29) is 17.1 Å². The van der Waals surface area contributed by atoms with Crippen molar-refractivity contribution in [1.29, 1.82) is 0 Å². The Labute approximate surface area is 142 Å². The van der Waals surface area contributed by atoms with E-state index in [4.69, 9.17) is 4.74 Å². The first kappa shape index (κ1) is 16.2. The molecule has 0 amide bonds. The number of carbonyl (C=O) groups is 2. The lowest BCUT2D eigenvalue weighted by molar-refractivity contribution is -0.136. The van der Waals surface area contributed by atoms with Crippen LogP contribution in [0.5, 0.6) is 0 Å². The van der Waals surface area contributed by atoms with Gasteiger partial charge in [-0.1, -0.05) is 28.1 Å². The van der Waals surface area contributed by atoms with Crippen LogP contribution in [0.15, 0.2) is 39.9 Å². The monoisotopic (exact) mass is 380 g/mol. The fourth-order valence-electron chi connectivity index (χ4n) is 3.54. The number of rotatable bonds is 6. The Kier molecular flexibility index (Phi) is 4.55. The summed E-state index contributed by atoms with van der Waals surface area (Å²) in [5.74, 6) is -2.26. The van der Waals surface area contributed by atoms with Gasteiger partial charge < -0.3 is 14.9 Å². The third kappa shape index (κ3) is 3.19. The van der Waals surface area contributed by atoms with Crippen LogP contribution in [-0.4, -0.2) is 34.4 Å². The Morgan fingerprint density at radius 2 is 1.78 bits per heavy atom. The Bertz CT molecular complexity index is 664. The normalized spacial score (nSPS) is 25.9. The number of fused-ring (bicyclic) bond motifs is 2. The van der Waals surface area contributed by atoms with E-state index in [0.717, 1.165) is 23.7 Å². The third-order valence-corrected chi connectivity index (χ3v) is 5.10. The van der Waals surface area contributed by atoms with Gasteiger partial charge in [-0.3, -0.25) is 0 Å². The first-order valence-electron chi connectivity index (χ1n) is 7.58. The van der Waals surface area contributed by atoms with Crippen LogP contribution in [0.2, 0.25) is 0 Å². The van der Waals surface area contributed by atoms with Gasteiger partial charge in [0.05, 0.1) is 23.4 Å². The van der Waals surface area contributed by atoms with Gasteiger partial charge in [0.1, 0.15) is 0 Å². The molecule has 3 unspecified atom stereocenters. The van der Waals surface area contributed by atoms with Gasteiger partial charge in [0.15, 0.2) is 0 Å². The Hall–Kier alpha value is -1.66. The van der Waals surface area contributed by atoms with Crippen molar-refractivity contribution in [2.24, 2.45) is 5.92 Å². The molecule has 2 bridgehead atoms. The summed E-state index contributed by atoms with van der Waals surface area (Å²) < 4.78 is 6.65. The number of ether oxygens (including phenoxy) is 1. The highest BCUT2D eigenvalue weighted by Crippen LogP contribution is 2.45. The number of hydrogen-bond acceptors (Lipinski definition) is 3. The van der Waals surface area contributed by atoms with Crippen LogP contribution in [0.1, 0.15) is 24.8 Å². The van der Waals surface area contributed by atoms with Crippen molar-refractivity contribution in [3.05, 3.63) is 45.4 Å². The zero-order valence-electron chi connectivity index (χ0n) is 12.4. The molecule has 2 aliphatic rings. The minimum atomic E-state index is -1.18. The van der Waals surface area contributed by atoms with E-state index in [1.807, 2.05) is 12.1 Å². The highest BCUT2D eigenvalue weighted by atomic mass is 79.9. The molecule has 3 rings (SSSR count). The maximum absolute atomic E-state index is 11.4. The lowest BCUT2D eigenvalue weighted by Gasteiger charge is -2.20. The molecule has 1 fully saturated rings. The van der Waals surface area contributed by atoms with E-state index in [2.05, 4.69) is 28.1 Å². The lowest BCUT2D eigenvalue weighted by Crippen LogP contribution is -2.27. The van der Waals surface area contributed by atoms with Gasteiger partial charge in [0.25, 0.3) is 0 Å². The van der Waals surface area contributed by atoms with Gasteiger partial charge in [-0.05, 0) is 49.3 Å². The van der Waals surface area contributed by atoms with Crippen molar-refractivity contribution in [2.45, 2.75) is 37.9 Å². The van der Waals surface area contributed by atoms with Crippen molar-refractivity contribution in [3.8, 4) is 0 Å². The van der Waals surface area contributed by atoms with Gasteiger partial charge in [-0.25, -0.2) is 9.59 Å². The highest BCUT2D eigenvalue weighted by Gasteiger charge is 2.51. The molecule has 0 saturated carbocycles. The summed E-state index contributed by atoms with van der Waals surface area (Å²) in [4.78, 5) is 22.6. The van der Waals surface area contributed by atoms with Gasteiger partial charge in [0, 0.05) is 4.47 Å². The van der Waals surface area contributed by atoms with Crippen molar-refractivity contribution in [2.75, 3.05) is 0 Å². The first-order valence-corrected chi connectivity index (χ1v) is 8.37. The fraction of sp³-hybridized carbons (Fsp3) is 0.412. The molecule has 0 spiro atoms. The molecular formula is C17H17BrO5. The molecule has 2 heterocycles. The van der Waals surface area contributed by atoms with Crippen LogP contribution in [0.4, 0.5) is 0 Å². The minimum absolute atomic E-state index is 0.0533. The smallest absolute Gasteiger partial charge is 0.334 e. The van der Waals surface area contributed by atoms with Crippen LogP contribution in [0.3, 0.4) is 0 Å². The summed E-state index contributed by atoms with van der Waals surface area (Å²) in [6, 6.07) is 8.12. The van der Waals surface area contributed by atoms with E-state index in [9.17, 15) is 19.8 Å². The van der Waals surface area contributed by atoms with E-state index in [1.54, 1.807) is 0 Å². The summed E-state index contributed by atoms with van der Waals surface area (Å²) in [7, 11) is 0. The largest absolute Gasteiger partial charge is 0.478 e. The molecule has 3 atom stereocenters. The topological polar surface area (TPSA) is 83.8 Å². The van der Waals surface area contributed by atoms with Gasteiger partial charge in [0.2, 0.25) is 0 Å². The van der Waals surface area contributed by atoms with Crippen LogP contribution in [0.25, 0.3) is 0 Å². The molecule has 1 aromatic carbocycles. The number of carboxylic acid groups (broad SMARTS) is 2. The molecule has 5 nitrogen and oxygen atoms in total. The Morgan fingerprint density at radius 1 is 1.13 bits per heavy atom. The summed E-state index contributed by atoms with van der Waals surface area (Å²) >= 11 is 3.40. The molecule has 122 valence electrons. The van der Waals surface area contributed by atoms with Crippen molar-refractivity contribution in [3.63, 3.8) is 0 Å². The average molecular weight is 381 g/mol. The molecular weight excluding hydrogens is 364 g/mol. The molecule has 0 radical (unpaired) electrons. The highest BCUT2D eigenvalue weighted by molar-refractivity contribution is 9.10. The van der Waals surface area contributed by atoms with Gasteiger partial charge in [-0.2, -0.15) is 0 Å². The third-order valence-electron chi connectivity index (χ3n) is 4.57. The average Bonchev–Trinajstić information content (AvgIpc) is 3.07. The van der Waals surface area contributed by atoms with Crippen LogP contribution in [-0.2, 0) is 20.7 Å². The van der Waals surface area contributed by atoms with Crippen LogP contribution >= 0.6 is 15.9 Å². The predicted molar refractivity (Wildman–Crippen MR) is 86.1 cm³/mol. The number of benzene rings is 1. The van der Waals surface area contributed by atoms with Crippen molar-refractivity contribution in [1.82, 2.24) is 0 Å². The Morgan fingerprint density at radius 3 is 2.39 bits per heavy atom. The van der Waals surface area contributed by atoms with E-state index < -0.39 is 24.1 Å². The van der Waals surface area contributed by atoms with Crippen molar-refractivity contribution < 1.29 is 24.5 Å². The molecule has 1 aromatic rings. The van der Waals surface area contributed by atoms with E-state index in [1.165, 1.54) is 5.56 Å². The van der Waals surface area contributed by atoms with Crippen LogP contribution < -0.4 is 0 Å². The second kappa shape index (κ2) is 6.45. The SMILES string of the molecule is O=C(O)C1=C(C(=O)O)C2OC1CC2CCCc1ccc(Br)cc1. The molecule has 2 aliphatic heterocycles. The number of aryl methyl sites for hydroxylation is 1. The quantitative estimate of drug-likeness (QED) is 0.792. The standard InChI is InChI=1S/C17H17BrO5/c18-11-6-4-9(5-7-11)2-1-3-10-8-12-13(16(19)20)14(17(21)22)15(10)23-12/h4-7,10,12,15H,1-3,8H2,(H,19,20)(H,21,22). The summed E-state index contributed by atoms with van der Waals surface area (Å²) in [6.45, 7) is 0. The molecule has 6 heteroatoms. The fourth-order valence-corrected chi connectivity index (χ4v) is 3.80. The summed E-state index contributed by atoms with van der Waals surface area (Å²) in [5.41, 5.74) is 1.12. The minimum Gasteiger partial charge on any atom is -0.478 e. The molecule has 2 N–H and O–H groups in total. The summed E-state index contributed by atoms with van der Waals surface area (Å²) in [6.07, 6.45) is 2.13. The maximum atomic E-state index is 11.4. The zero-order chi connectivity index (χ0) is 16.6. The maximum Gasteiger partial charge on any atom is 0.334 e. The molecule has 0 aromatic heterocycles. The Balaban J connectivity index is 1.62. The molecule has 23 heavy (non-hydrogen) atoms. The molecule has 1 saturated heterocycles. The van der Waals surface area contributed by atoms with Gasteiger partial charge in [-0.15, -0.1) is 0 Å². The number of carboxylic acids is 2. The van der Waals surface area contributed by atoms with Gasteiger partial charge >= 0.3 is 11.9 Å². The second-order valence-corrected chi connectivity index (χ2v) is 6.91. The zero-order valence-corrected chi connectivity index (χ0v) is 14.0. The number of hydrogen-bond donors (Lipinski definition) is 2. The van der Waals surface area contributed by atoms with E-state index >= 15 is 0 Å². The van der Waals surface area contributed by atoms with Crippen LogP contribution in [0, 0.1) is 5.92 Å².